The van der Waals surface area contributed by atoms with Crippen LogP contribution in [0.5, 0.6) is 11.5 Å². The number of carboxylic acids is 2. The van der Waals surface area contributed by atoms with E-state index in [0.717, 1.165) is 18.5 Å². The average Bonchev–Trinajstić information content (AvgIpc) is 2.86. The minimum Gasteiger partial charge on any atom is -0.485 e. The molecule has 0 amide bonds. The molecule has 0 radical (unpaired) electrons. The highest BCUT2D eigenvalue weighted by Crippen LogP contribution is 2.27. The Bertz CT molecular complexity index is 1080. The van der Waals surface area contributed by atoms with Crippen molar-refractivity contribution in [2.75, 3.05) is 27.2 Å². The van der Waals surface area contributed by atoms with Crippen molar-refractivity contribution in [2.45, 2.75) is 13.0 Å². The van der Waals surface area contributed by atoms with Gasteiger partial charge in [0.2, 0.25) is 0 Å². The molecule has 3 aromatic carbocycles. The molecule has 0 saturated carbocycles. The Balaban J connectivity index is 0.000000328. The predicted molar refractivity (Wildman–Crippen MR) is 135 cm³/mol. The lowest BCUT2D eigenvalue weighted by Crippen LogP contribution is -2.14. The van der Waals surface area contributed by atoms with E-state index in [-0.39, 0.29) is 12.2 Å². The number of nitrogens with zero attached hydrogens (tertiary/aromatic N) is 1. The molecular weight excluding hydrogens is 446 g/mol. The molecule has 0 bridgehead atoms. The Hall–Kier alpha value is -4.10. The van der Waals surface area contributed by atoms with Crippen LogP contribution in [0.25, 0.3) is 0 Å². The lowest BCUT2D eigenvalue weighted by molar-refractivity contribution is -0.135. The number of carboxylic acid groups (broad SMARTS) is 2. The van der Waals surface area contributed by atoms with Crippen LogP contribution in [-0.2, 0) is 22.6 Å². The van der Waals surface area contributed by atoms with Crippen LogP contribution in [0.15, 0.2) is 96.6 Å². The number of benzene rings is 3. The van der Waals surface area contributed by atoms with Crippen molar-refractivity contribution in [3.63, 3.8) is 0 Å². The van der Waals surface area contributed by atoms with Gasteiger partial charge in [0, 0.05) is 12.6 Å². The molecule has 0 heterocycles. The van der Waals surface area contributed by atoms with E-state index in [9.17, 15) is 9.59 Å². The SMILES string of the molecule is CN(C)CCc1ccccc1.O=C(O)/C=C(\COc1ccccc1OCc1ccccc1)C(=O)O. The summed E-state index contributed by atoms with van der Waals surface area (Å²) in [6.07, 6.45) is 1.75. The Morgan fingerprint density at radius 3 is 1.80 bits per heavy atom. The summed E-state index contributed by atoms with van der Waals surface area (Å²) < 4.78 is 11.1. The molecule has 7 heteroatoms. The summed E-state index contributed by atoms with van der Waals surface area (Å²) in [6.45, 7) is 1.08. The summed E-state index contributed by atoms with van der Waals surface area (Å²) in [5.41, 5.74) is 2.03. The fourth-order valence-corrected chi connectivity index (χ4v) is 2.89. The van der Waals surface area contributed by atoms with Crippen molar-refractivity contribution < 1.29 is 29.3 Å². The van der Waals surface area contributed by atoms with E-state index >= 15 is 0 Å². The van der Waals surface area contributed by atoms with Crippen LogP contribution in [-0.4, -0.2) is 54.3 Å². The second kappa shape index (κ2) is 14.9. The molecule has 0 spiro atoms. The summed E-state index contributed by atoms with van der Waals surface area (Å²) in [4.78, 5) is 23.8. The van der Waals surface area contributed by atoms with Crippen LogP contribution in [0.1, 0.15) is 11.1 Å². The molecule has 3 rings (SSSR count). The summed E-state index contributed by atoms with van der Waals surface area (Å²) >= 11 is 0. The number of likely N-dealkylation sites (N-methyl/N-ethyl adjacent to an activating group) is 1. The minimum absolute atomic E-state index is 0.331. The number of ether oxygens (including phenoxy) is 2. The van der Waals surface area contributed by atoms with Crippen molar-refractivity contribution in [3.05, 3.63) is 108 Å². The van der Waals surface area contributed by atoms with Crippen LogP contribution in [0.3, 0.4) is 0 Å². The minimum atomic E-state index is -1.35. The summed E-state index contributed by atoms with van der Waals surface area (Å²) in [6, 6.07) is 26.9. The molecule has 184 valence electrons. The number of aliphatic carboxylic acids is 2. The monoisotopic (exact) mass is 477 g/mol. The lowest BCUT2D eigenvalue weighted by Gasteiger charge is -2.13. The number of rotatable bonds is 11. The molecule has 35 heavy (non-hydrogen) atoms. The van der Waals surface area contributed by atoms with Crippen molar-refractivity contribution in [3.8, 4) is 11.5 Å². The zero-order chi connectivity index (χ0) is 25.5. The largest absolute Gasteiger partial charge is 0.485 e. The standard InChI is InChI=1S/C18H16O6.C10H15N/c19-17(20)10-14(18(21)22)12-24-16-9-5-4-8-15(16)23-11-13-6-2-1-3-7-13;1-11(2)9-8-10-6-4-3-5-7-10/h1-10H,11-12H2,(H,19,20)(H,21,22);3-7H,8-9H2,1-2H3/b14-10+;. The summed E-state index contributed by atoms with van der Waals surface area (Å²) in [5.74, 6) is -1.91. The normalized spacial score (nSPS) is 10.8. The Morgan fingerprint density at radius 2 is 1.29 bits per heavy atom. The van der Waals surface area contributed by atoms with Gasteiger partial charge in [0.15, 0.2) is 11.5 Å². The molecule has 0 aliphatic carbocycles. The molecule has 0 aliphatic heterocycles. The highest BCUT2D eigenvalue weighted by Gasteiger charge is 2.12. The van der Waals surface area contributed by atoms with E-state index in [4.69, 9.17) is 19.7 Å². The predicted octanol–water partition coefficient (Wildman–Crippen LogP) is 4.53. The number of hydrogen-bond acceptors (Lipinski definition) is 5. The molecular formula is C28H31NO6. The van der Waals surface area contributed by atoms with Gasteiger partial charge in [-0.2, -0.15) is 0 Å². The van der Waals surface area contributed by atoms with Crippen LogP contribution in [0, 0.1) is 0 Å². The molecule has 0 aromatic heterocycles. The first-order valence-electron chi connectivity index (χ1n) is 11.1. The Morgan fingerprint density at radius 1 is 0.771 bits per heavy atom. The fraction of sp³-hybridized carbons (Fsp3) is 0.214. The van der Waals surface area contributed by atoms with E-state index < -0.39 is 11.9 Å². The Kier molecular flexibility index (Phi) is 11.6. The molecule has 0 aliphatic rings. The van der Waals surface area contributed by atoms with Gasteiger partial charge in [0.05, 0.1) is 5.57 Å². The van der Waals surface area contributed by atoms with Crippen molar-refractivity contribution in [1.82, 2.24) is 4.90 Å². The third-order valence-corrected chi connectivity index (χ3v) is 4.73. The van der Waals surface area contributed by atoms with Gasteiger partial charge in [-0.25, -0.2) is 9.59 Å². The van der Waals surface area contributed by atoms with Crippen molar-refractivity contribution >= 4 is 11.9 Å². The van der Waals surface area contributed by atoms with Gasteiger partial charge >= 0.3 is 11.9 Å². The molecule has 0 saturated heterocycles. The molecule has 0 atom stereocenters. The molecule has 7 nitrogen and oxygen atoms in total. The van der Waals surface area contributed by atoms with Crippen LogP contribution in [0.4, 0.5) is 0 Å². The van der Waals surface area contributed by atoms with Crippen molar-refractivity contribution in [2.24, 2.45) is 0 Å². The molecule has 3 aromatic rings. The quantitative estimate of drug-likeness (QED) is 0.392. The molecule has 0 unspecified atom stereocenters. The van der Waals surface area contributed by atoms with Gasteiger partial charge in [-0.15, -0.1) is 0 Å². The van der Waals surface area contributed by atoms with Gasteiger partial charge in [-0.1, -0.05) is 72.8 Å². The maximum absolute atomic E-state index is 11.0. The van der Waals surface area contributed by atoms with E-state index in [1.54, 1.807) is 24.3 Å². The van der Waals surface area contributed by atoms with Crippen molar-refractivity contribution in [1.29, 1.82) is 0 Å². The second-order valence-corrected chi connectivity index (χ2v) is 7.86. The first kappa shape index (κ1) is 27.1. The van der Waals surface area contributed by atoms with Gasteiger partial charge in [-0.3, -0.25) is 0 Å². The third kappa shape index (κ3) is 11.0. The van der Waals surface area contributed by atoms with Gasteiger partial charge < -0.3 is 24.6 Å². The first-order chi connectivity index (χ1) is 16.8. The third-order valence-electron chi connectivity index (χ3n) is 4.73. The van der Waals surface area contributed by atoms with E-state index in [2.05, 4.69) is 49.3 Å². The van der Waals surface area contributed by atoms with E-state index in [1.165, 1.54) is 5.56 Å². The van der Waals surface area contributed by atoms with Crippen LogP contribution in [0.2, 0.25) is 0 Å². The van der Waals surface area contributed by atoms with Crippen LogP contribution >= 0.6 is 0 Å². The number of hydrogen-bond donors (Lipinski definition) is 2. The number of para-hydroxylation sites is 2. The highest BCUT2D eigenvalue weighted by atomic mass is 16.5. The maximum Gasteiger partial charge on any atom is 0.335 e. The fourth-order valence-electron chi connectivity index (χ4n) is 2.89. The molecule has 0 fully saturated rings. The van der Waals surface area contributed by atoms with Gasteiger partial charge in [-0.05, 0) is 43.8 Å². The van der Waals surface area contributed by atoms with Gasteiger partial charge in [0.25, 0.3) is 0 Å². The maximum atomic E-state index is 11.0. The zero-order valence-corrected chi connectivity index (χ0v) is 20.0. The topological polar surface area (TPSA) is 96.3 Å². The van der Waals surface area contributed by atoms with Crippen LogP contribution < -0.4 is 9.47 Å². The smallest absolute Gasteiger partial charge is 0.335 e. The summed E-state index contributed by atoms with van der Waals surface area (Å²) in [7, 11) is 4.20. The highest BCUT2D eigenvalue weighted by molar-refractivity contribution is 5.94. The zero-order valence-electron chi connectivity index (χ0n) is 20.0. The Labute approximate surface area is 205 Å². The van der Waals surface area contributed by atoms with E-state index in [0.29, 0.717) is 24.2 Å². The summed E-state index contributed by atoms with van der Waals surface area (Å²) in [5, 5.41) is 17.7. The molecule has 2 N–H and O–H groups in total. The average molecular weight is 478 g/mol. The second-order valence-electron chi connectivity index (χ2n) is 7.86. The lowest BCUT2D eigenvalue weighted by atomic mass is 10.1. The van der Waals surface area contributed by atoms with E-state index in [1.807, 2.05) is 30.3 Å². The first-order valence-corrected chi connectivity index (χ1v) is 11.1. The number of carbonyl (C=O) groups is 2. The van der Waals surface area contributed by atoms with Gasteiger partial charge in [0.1, 0.15) is 13.2 Å².